The fourth-order valence-corrected chi connectivity index (χ4v) is 4.52. The van der Waals surface area contributed by atoms with Gasteiger partial charge in [-0.2, -0.15) is 5.10 Å². The number of likely N-dealkylation sites (tertiary alicyclic amines) is 1. The van der Waals surface area contributed by atoms with Crippen molar-refractivity contribution in [2.75, 3.05) is 19.7 Å². The van der Waals surface area contributed by atoms with Crippen LogP contribution < -0.4 is 5.32 Å². The number of benzene rings is 1. The molecule has 1 atom stereocenters. The summed E-state index contributed by atoms with van der Waals surface area (Å²) in [5.41, 5.74) is 4.75. The third-order valence-corrected chi connectivity index (χ3v) is 6.18. The van der Waals surface area contributed by atoms with E-state index in [4.69, 9.17) is 9.84 Å². The van der Waals surface area contributed by atoms with Crippen molar-refractivity contribution >= 4 is 6.03 Å². The third kappa shape index (κ3) is 4.69. The number of carbonyl (C=O) groups excluding carboxylic acids is 1. The van der Waals surface area contributed by atoms with Gasteiger partial charge in [0.25, 0.3) is 0 Å². The quantitative estimate of drug-likeness (QED) is 0.773. The van der Waals surface area contributed by atoms with Gasteiger partial charge in [0.15, 0.2) is 0 Å². The fourth-order valence-electron chi connectivity index (χ4n) is 4.52. The van der Waals surface area contributed by atoms with Gasteiger partial charge in [-0.25, -0.2) is 4.79 Å². The van der Waals surface area contributed by atoms with E-state index in [0.717, 1.165) is 64.0 Å². The lowest BCUT2D eigenvalue weighted by Gasteiger charge is -2.35. The normalized spacial score (nSPS) is 19.0. The summed E-state index contributed by atoms with van der Waals surface area (Å²) < 4.78 is 7.95. The number of fused-ring (bicyclic) bond motifs is 1. The minimum Gasteiger partial charge on any atom is -0.376 e. The molecule has 162 valence electrons. The maximum Gasteiger partial charge on any atom is 0.317 e. The number of hydrogen-bond donors (Lipinski definition) is 1. The van der Waals surface area contributed by atoms with E-state index in [-0.39, 0.29) is 12.1 Å². The van der Waals surface area contributed by atoms with Crippen LogP contribution in [-0.2, 0) is 24.3 Å². The Morgan fingerprint density at radius 3 is 2.90 bits per heavy atom. The van der Waals surface area contributed by atoms with Crippen molar-refractivity contribution in [3.8, 4) is 0 Å². The first-order valence-electron chi connectivity index (χ1n) is 11.4. The highest BCUT2D eigenvalue weighted by Gasteiger charge is 2.34. The van der Waals surface area contributed by atoms with Crippen LogP contribution in [0.2, 0.25) is 0 Å². The van der Waals surface area contributed by atoms with Crippen LogP contribution in [0.15, 0.2) is 30.3 Å². The predicted molar refractivity (Wildman–Crippen MR) is 117 cm³/mol. The Labute approximate surface area is 179 Å². The van der Waals surface area contributed by atoms with Crippen LogP contribution >= 0.6 is 0 Å². The lowest BCUT2D eigenvalue weighted by Crippen LogP contribution is -2.45. The summed E-state index contributed by atoms with van der Waals surface area (Å²) in [5, 5.41) is 8.20. The molecule has 1 N–H and O–H groups in total. The van der Waals surface area contributed by atoms with Crippen molar-refractivity contribution in [1.29, 1.82) is 0 Å². The summed E-state index contributed by atoms with van der Waals surface area (Å²) in [7, 11) is 0. The first-order valence-corrected chi connectivity index (χ1v) is 11.4. The molecule has 2 amide bonds. The van der Waals surface area contributed by atoms with Gasteiger partial charge >= 0.3 is 6.03 Å². The van der Waals surface area contributed by atoms with Crippen molar-refractivity contribution in [1.82, 2.24) is 20.0 Å². The zero-order chi connectivity index (χ0) is 20.9. The maximum absolute atomic E-state index is 13.0. The zero-order valence-electron chi connectivity index (χ0n) is 18.3. The molecule has 2 aromatic rings. The number of rotatable bonds is 6. The second kappa shape index (κ2) is 9.65. The molecule has 0 saturated carbocycles. The molecule has 1 aromatic carbocycles. The first kappa shape index (κ1) is 20.9. The largest absolute Gasteiger partial charge is 0.376 e. The molecule has 1 saturated heterocycles. The van der Waals surface area contributed by atoms with Gasteiger partial charge in [-0.3, -0.25) is 4.68 Å². The summed E-state index contributed by atoms with van der Waals surface area (Å²) in [5.74, 6) is 0.584. The molecule has 0 aliphatic carbocycles. The average Bonchev–Trinajstić information content (AvgIpc) is 3.12. The Morgan fingerprint density at radius 1 is 1.27 bits per heavy atom. The van der Waals surface area contributed by atoms with E-state index < -0.39 is 0 Å². The van der Waals surface area contributed by atoms with E-state index in [0.29, 0.717) is 12.5 Å². The lowest BCUT2D eigenvalue weighted by molar-refractivity contribution is 0.105. The van der Waals surface area contributed by atoms with Crippen molar-refractivity contribution in [2.45, 2.75) is 65.1 Å². The van der Waals surface area contributed by atoms with E-state index in [1.165, 1.54) is 16.8 Å². The number of nitrogens with zero attached hydrogens (tertiary/aromatic N) is 3. The van der Waals surface area contributed by atoms with E-state index >= 15 is 0 Å². The third-order valence-electron chi connectivity index (χ3n) is 6.18. The van der Waals surface area contributed by atoms with Gasteiger partial charge in [0.05, 0.1) is 31.5 Å². The molecule has 1 unspecified atom stereocenters. The molecule has 3 heterocycles. The number of piperidine rings is 1. The smallest absolute Gasteiger partial charge is 0.317 e. The maximum atomic E-state index is 13.0. The summed E-state index contributed by atoms with van der Waals surface area (Å²) in [6, 6.07) is 10.5. The molecule has 6 nitrogen and oxygen atoms in total. The summed E-state index contributed by atoms with van der Waals surface area (Å²) in [6.45, 7) is 7.97. The number of hydrogen-bond acceptors (Lipinski definition) is 3. The summed E-state index contributed by atoms with van der Waals surface area (Å²) >= 11 is 0. The SMILES string of the molecule is CC(C)CCNC(=O)N1CCCCC1c1nn(Cc2ccccc2)c2c1COCC2. The van der Waals surface area contributed by atoms with Gasteiger partial charge in [-0.15, -0.1) is 0 Å². The van der Waals surface area contributed by atoms with Gasteiger partial charge < -0.3 is 15.0 Å². The summed E-state index contributed by atoms with van der Waals surface area (Å²) in [6.07, 6.45) is 5.02. The minimum absolute atomic E-state index is 0.0327. The summed E-state index contributed by atoms with van der Waals surface area (Å²) in [4.78, 5) is 15.0. The van der Waals surface area contributed by atoms with Crippen LogP contribution in [-0.4, -0.2) is 40.4 Å². The Morgan fingerprint density at radius 2 is 2.10 bits per heavy atom. The molecular weight excluding hydrogens is 376 g/mol. The van der Waals surface area contributed by atoms with Gasteiger partial charge in [0.2, 0.25) is 0 Å². The Bertz CT molecular complexity index is 846. The number of nitrogens with one attached hydrogen (secondary N) is 1. The molecule has 1 aromatic heterocycles. The van der Waals surface area contributed by atoms with Crippen molar-refractivity contribution in [2.24, 2.45) is 5.92 Å². The minimum atomic E-state index is 0.0327. The van der Waals surface area contributed by atoms with E-state index in [1.807, 2.05) is 11.0 Å². The predicted octanol–water partition coefficient (Wildman–Crippen LogP) is 4.29. The monoisotopic (exact) mass is 410 g/mol. The van der Waals surface area contributed by atoms with Crippen molar-refractivity contribution < 1.29 is 9.53 Å². The van der Waals surface area contributed by atoms with Crippen molar-refractivity contribution in [3.63, 3.8) is 0 Å². The average molecular weight is 411 g/mol. The van der Waals surface area contributed by atoms with Crippen LogP contribution in [0, 0.1) is 5.92 Å². The van der Waals surface area contributed by atoms with Crippen LogP contribution in [0.3, 0.4) is 0 Å². The second-order valence-corrected chi connectivity index (χ2v) is 8.88. The van der Waals surface area contributed by atoms with E-state index in [1.54, 1.807) is 0 Å². The Hall–Kier alpha value is -2.34. The molecule has 0 radical (unpaired) electrons. The number of urea groups is 1. The molecule has 2 aliphatic heterocycles. The highest BCUT2D eigenvalue weighted by atomic mass is 16.5. The molecule has 2 aliphatic rings. The molecule has 4 rings (SSSR count). The number of aromatic nitrogens is 2. The van der Waals surface area contributed by atoms with Crippen LogP contribution in [0.4, 0.5) is 4.79 Å². The molecular formula is C24H34N4O2. The van der Waals surface area contributed by atoms with Crippen LogP contribution in [0.5, 0.6) is 0 Å². The van der Waals surface area contributed by atoms with Crippen LogP contribution in [0.25, 0.3) is 0 Å². The van der Waals surface area contributed by atoms with E-state index in [9.17, 15) is 4.79 Å². The topological polar surface area (TPSA) is 59.4 Å². The molecule has 0 spiro atoms. The Balaban J connectivity index is 1.58. The zero-order valence-corrected chi connectivity index (χ0v) is 18.3. The lowest BCUT2D eigenvalue weighted by atomic mass is 9.95. The van der Waals surface area contributed by atoms with Crippen molar-refractivity contribution in [3.05, 3.63) is 52.8 Å². The molecule has 6 heteroatoms. The van der Waals surface area contributed by atoms with Crippen LogP contribution in [0.1, 0.15) is 68.1 Å². The first-order chi connectivity index (χ1) is 14.6. The molecule has 0 bridgehead atoms. The van der Waals surface area contributed by atoms with Gasteiger partial charge in [-0.1, -0.05) is 44.2 Å². The molecule has 1 fully saturated rings. The highest BCUT2D eigenvalue weighted by molar-refractivity contribution is 5.74. The molecule has 30 heavy (non-hydrogen) atoms. The highest BCUT2D eigenvalue weighted by Crippen LogP contribution is 2.35. The standard InChI is InChI=1S/C24H34N4O2/c1-18(2)11-13-25-24(29)27-14-7-6-10-22(27)23-20-17-30-15-12-21(20)28(26-23)16-19-8-4-3-5-9-19/h3-5,8-9,18,22H,6-7,10-17H2,1-2H3,(H,25,29). The number of amides is 2. The fraction of sp³-hybridized carbons (Fsp3) is 0.583. The van der Waals surface area contributed by atoms with Gasteiger partial charge in [-0.05, 0) is 37.2 Å². The second-order valence-electron chi connectivity index (χ2n) is 8.88. The Kier molecular flexibility index (Phi) is 6.72. The van der Waals surface area contributed by atoms with Gasteiger partial charge in [0.1, 0.15) is 0 Å². The number of ether oxygens (including phenoxy) is 1. The van der Waals surface area contributed by atoms with Gasteiger partial charge in [0, 0.05) is 30.8 Å². The number of carbonyl (C=O) groups is 1. The van der Waals surface area contributed by atoms with E-state index in [2.05, 4.69) is 48.1 Å².